The van der Waals surface area contributed by atoms with Gasteiger partial charge in [0.05, 0.1) is 25.5 Å². The van der Waals surface area contributed by atoms with Crippen LogP contribution in [0.4, 0.5) is 10.1 Å². The van der Waals surface area contributed by atoms with E-state index in [0.717, 1.165) is 31.7 Å². The lowest BCUT2D eigenvalue weighted by atomic mass is 10.0. The summed E-state index contributed by atoms with van der Waals surface area (Å²) in [4.78, 5) is 28.7. The molecule has 1 fully saturated rings. The molecule has 1 aromatic heterocycles. The van der Waals surface area contributed by atoms with Crippen LogP contribution in [0.25, 0.3) is 0 Å². The third-order valence-electron chi connectivity index (χ3n) is 6.06. The van der Waals surface area contributed by atoms with Gasteiger partial charge in [-0.05, 0) is 60.9 Å². The van der Waals surface area contributed by atoms with E-state index in [2.05, 4.69) is 5.32 Å². The fourth-order valence-corrected chi connectivity index (χ4v) is 4.50. The Hall–Kier alpha value is -3.52. The fraction of sp³-hybridized carbons (Fsp3) is 0.308. The lowest BCUT2D eigenvalue weighted by Gasteiger charge is -2.32. The van der Waals surface area contributed by atoms with Crippen molar-refractivity contribution in [3.8, 4) is 11.5 Å². The van der Waals surface area contributed by atoms with Crippen LogP contribution in [0.1, 0.15) is 47.8 Å². The van der Waals surface area contributed by atoms with Gasteiger partial charge in [0.2, 0.25) is 5.91 Å². The summed E-state index contributed by atoms with van der Waals surface area (Å²) in [7, 11) is 3.00. The van der Waals surface area contributed by atoms with Crippen molar-refractivity contribution in [1.29, 1.82) is 0 Å². The molecule has 0 saturated heterocycles. The van der Waals surface area contributed by atoms with Gasteiger partial charge in [0.15, 0.2) is 17.3 Å². The Morgan fingerprint density at radius 2 is 1.83 bits per heavy atom. The largest absolute Gasteiger partial charge is 0.493 e. The first-order valence-electron chi connectivity index (χ1n) is 11.3. The molecule has 35 heavy (non-hydrogen) atoms. The Morgan fingerprint density at radius 1 is 1.09 bits per heavy atom. The summed E-state index contributed by atoms with van der Waals surface area (Å²) >= 11 is 6.07. The average molecular weight is 501 g/mol. The highest BCUT2D eigenvalue weighted by Gasteiger charge is 2.36. The predicted molar refractivity (Wildman–Crippen MR) is 130 cm³/mol. The molecule has 3 aromatic rings. The summed E-state index contributed by atoms with van der Waals surface area (Å²) in [6, 6.07) is 10.8. The van der Waals surface area contributed by atoms with E-state index in [4.69, 9.17) is 25.5 Å². The monoisotopic (exact) mass is 500 g/mol. The number of ether oxygens (including phenoxy) is 2. The van der Waals surface area contributed by atoms with Crippen LogP contribution in [0.15, 0.2) is 59.2 Å². The molecule has 184 valence electrons. The molecule has 0 radical (unpaired) electrons. The van der Waals surface area contributed by atoms with Gasteiger partial charge in [0.25, 0.3) is 5.91 Å². The number of benzene rings is 2. The molecule has 2 aromatic carbocycles. The molecule has 2 amide bonds. The van der Waals surface area contributed by atoms with E-state index >= 15 is 0 Å². The van der Waals surface area contributed by atoms with Crippen molar-refractivity contribution in [3.63, 3.8) is 0 Å². The van der Waals surface area contributed by atoms with Gasteiger partial charge in [-0.3, -0.25) is 14.5 Å². The number of nitrogens with one attached hydrogen (secondary N) is 1. The highest BCUT2D eigenvalue weighted by molar-refractivity contribution is 6.31. The molecular formula is C26H26ClFN2O5. The van der Waals surface area contributed by atoms with Crippen molar-refractivity contribution in [1.82, 2.24) is 5.32 Å². The first-order chi connectivity index (χ1) is 16.9. The van der Waals surface area contributed by atoms with Crippen LogP contribution in [0.5, 0.6) is 11.5 Å². The Balaban J connectivity index is 1.86. The zero-order valence-electron chi connectivity index (χ0n) is 19.4. The smallest absolute Gasteiger partial charge is 0.294 e. The highest BCUT2D eigenvalue weighted by atomic mass is 35.5. The molecular weight excluding hydrogens is 475 g/mol. The first kappa shape index (κ1) is 24.6. The Labute approximate surface area is 207 Å². The van der Waals surface area contributed by atoms with Gasteiger partial charge in [-0.1, -0.05) is 30.5 Å². The molecule has 1 N–H and O–H groups in total. The zero-order chi connectivity index (χ0) is 24.9. The van der Waals surface area contributed by atoms with Crippen LogP contribution >= 0.6 is 11.6 Å². The number of halogens is 2. The highest BCUT2D eigenvalue weighted by Crippen LogP contribution is 2.36. The van der Waals surface area contributed by atoms with Crippen LogP contribution in [-0.4, -0.2) is 32.1 Å². The van der Waals surface area contributed by atoms with Crippen molar-refractivity contribution in [2.75, 3.05) is 19.1 Å². The molecule has 1 heterocycles. The van der Waals surface area contributed by atoms with Gasteiger partial charge in [-0.2, -0.15) is 0 Å². The standard InChI is InChI=1S/C26H26ClFN2O5/c1-33-21-12-9-16(14-23(21)34-2)24(25(31)29-17-6-3-4-7-17)30(26(32)22-8-5-13-35-22)18-10-11-20(28)19(27)15-18/h5,8-15,17,24H,3-4,6-7H2,1-2H3,(H,29,31)/t24-/m1/s1. The van der Waals surface area contributed by atoms with Crippen LogP contribution in [0.3, 0.4) is 0 Å². The van der Waals surface area contributed by atoms with Crippen molar-refractivity contribution >= 4 is 29.1 Å². The van der Waals surface area contributed by atoms with E-state index in [-0.39, 0.29) is 28.4 Å². The number of rotatable bonds is 8. The summed E-state index contributed by atoms with van der Waals surface area (Å²) in [5.74, 6) is -0.724. The van der Waals surface area contributed by atoms with Gasteiger partial charge in [0.1, 0.15) is 11.9 Å². The van der Waals surface area contributed by atoms with E-state index in [1.54, 1.807) is 24.3 Å². The molecule has 0 spiro atoms. The molecule has 1 atom stereocenters. The molecule has 1 aliphatic rings. The van der Waals surface area contributed by atoms with E-state index in [1.807, 2.05) is 0 Å². The summed E-state index contributed by atoms with van der Waals surface area (Å²) in [6.45, 7) is 0. The maximum atomic E-state index is 14.0. The maximum Gasteiger partial charge on any atom is 0.294 e. The lowest BCUT2D eigenvalue weighted by molar-refractivity contribution is -0.123. The fourth-order valence-electron chi connectivity index (χ4n) is 4.33. The van der Waals surface area contributed by atoms with Gasteiger partial charge in [-0.15, -0.1) is 0 Å². The minimum atomic E-state index is -1.13. The quantitative estimate of drug-likeness (QED) is 0.439. The second kappa shape index (κ2) is 10.8. The number of methoxy groups -OCH3 is 2. The van der Waals surface area contributed by atoms with Crippen LogP contribution in [0.2, 0.25) is 5.02 Å². The third kappa shape index (κ3) is 5.27. The Kier molecular flexibility index (Phi) is 7.60. The number of nitrogens with zero attached hydrogens (tertiary/aromatic N) is 1. The van der Waals surface area contributed by atoms with E-state index in [1.165, 1.54) is 43.6 Å². The number of hydrogen-bond acceptors (Lipinski definition) is 5. The number of hydrogen-bond donors (Lipinski definition) is 1. The van der Waals surface area contributed by atoms with Crippen LogP contribution in [-0.2, 0) is 4.79 Å². The zero-order valence-corrected chi connectivity index (χ0v) is 20.2. The van der Waals surface area contributed by atoms with Crippen molar-refractivity contribution in [3.05, 3.63) is 77.0 Å². The number of carbonyl (C=O) groups excluding carboxylic acids is 2. The normalized spacial score (nSPS) is 14.4. The van der Waals surface area contributed by atoms with Crippen molar-refractivity contribution in [2.24, 2.45) is 0 Å². The van der Waals surface area contributed by atoms with E-state index in [9.17, 15) is 14.0 Å². The van der Waals surface area contributed by atoms with Gasteiger partial charge in [0, 0.05) is 11.7 Å². The van der Waals surface area contributed by atoms with Crippen molar-refractivity contribution in [2.45, 2.75) is 37.8 Å². The number of carbonyl (C=O) groups is 2. The van der Waals surface area contributed by atoms with Gasteiger partial charge in [-0.25, -0.2) is 4.39 Å². The number of anilines is 1. The molecule has 0 bridgehead atoms. The maximum absolute atomic E-state index is 14.0. The topological polar surface area (TPSA) is 81.0 Å². The summed E-state index contributed by atoms with van der Waals surface area (Å²) in [5.41, 5.74) is 0.706. The Morgan fingerprint density at radius 3 is 2.46 bits per heavy atom. The van der Waals surface area contributed by atoms with Crippen molar-refractivity contribution < 1.29 is 27.9 Å². The average Bonchev–Trinajstić information content (AvgIpc) is 3.58. The Bertz CT molecular complexity index is 1190. The molecule has 1 saturated carbocycles. The molecule has 0 aliphatic heterocycles. The molecule has 4 rings (SSSR count). The van der Waals surface area contributed by atoms with Gasteiger partial charge >= 0.3 is 0 Å². The first-order valence-corrected chi connectivity index (χ1v) is 11.6. The predicted octanol–water partition coefficient (Wildman–Crippen LogP) is 5.54. The second-order valence-electron chi connectivity index (χ2n) is 8.26. The summed E-state index contributed by atoms with van der Waals surface area (Å²) < 4.78 is 30.1. The summed E-state index contributed by atoms with van der Waals surface area (Å²) in [6.07, 6.45) is 5.13. The van der Waals surface area contributed by atoms with E-state index in [0.29, 0.717) is 17.1 Å². The van der Waals surface area contributed by atoms with Crippen LogP contribution in [0, 0.1) is 5.82 Å². The molecule has 1 aliphatic carbocycles. The van der Waals surface area contributed by atoms with Gasteiger partial charge < -0.3 is 19.2 Å². The SMILES string of the molecule is COc1ccc([C@H](C(=O)NC2CCCC2)N(C(=O)c2ccco2)c2ccc(F)c(Cl)c2)cc1OC. The minimum absolute atomic E-state index is 0.00233. The molecule has 0 unspecified atom stereocenters. The third-order valence-corrected chi connectivity index (χ3v) is 6.35. The van der Waals surface area contributed by atoms with Crippen LogP contribution < -0.4 is 19.7 Å². The van der Waals surface area contributed by atoms with E-state index < -0.39 is 17.8 Å². The lowest BCUT2D eigenvalue weighted by Crippen LogP contribution is -2.46. The molecule has 7 nitrogen and oxygen atoms in total. The molecule has 9 heteroatoms. The summed E-state index contributed by atoms with van der Waals surface area (Å²) in [5, 5.41) is 2.90. The second-order valence-corrected chi connectivity index (χ2v) is 8.66. The minimum Gasteiger partial charge on any atom is -0.493 e. The number of furan rings is 1. The number of amides is 2.